The van der Waals surface area contributed by atoms with Crippen LogP contribution in [-0.2, 0) is 27.4 Å². The Kier molecular flexibility index (Phi) is 16.6. The van der Waals surface area contributed by atoms with E-state index in [2.05, 4.69) is 39.8 Å². The number of ether oxygens (including phenoxy) is 9. The van der Waals surface area contributed by atoms with Gasteiger partial charge < -0.3 is 52.6 Å². The lowest BCUT2D eigenvalue weighted by Gasteiger charge is -2.35. The van der Waals surface area contributed by atoms with Gasteiger partial charge in [-0.05, 0) is 98.3 Å². The molecule has 7 rings (SSSR count). The molecule has 1 amide bonds. The number of hydrogen-bond acceptors (Lipinski definition) is 15. The predicted molar refractivity (Wildman–Crippen MR) is 262 cm³/mol. The van der Waals surface area contributed by atoms with E-state index in [0.29, 0.717) is 58.4 Å². The number of amides is 1. The number of carboxylic acid groups (broad SMARTS) is 1. The van der Waals surface area contributed by atoms with Crippen LogP contribution in [0.4, 0.5) is 16.2 Å². The van der Waals surface area contributed by atoms with Crippen molar-refractivity contribution < 1.29 is 52.5 Å². The van der Waals surface area contributed by atoms with Gasteiger partial charge in [0, 0.05) is 50.4 Å². The average Bonchev–Trinajstić information content (AvgIpc) is 4.01. The van der Waals surface area contributed by atoms with E-state index < -0.39 is 11.6 Å². The predicted octanol–water partition coefficient (Wildman–Crippen LogP) is 10.2. The smallest absolute Gasteiger partial charge is 0.412 e. The summed E-state index contributed by atoms with van der Waals surface area (Å²) in [6.45, 7) is 13.1. The maximum Gasteiger partial charge on any atom is 0.412 e. The van der Waals surface area contributed by atoms with Crippen molar-refractivity contribution in [3.05, 3.63) is 44.1 Å². The Morgan fingerprint density at radius 2 is 1.21 bits per heavy atom. The molecule has 1 N–H and O–H groups in total. The van der Waals surface area contributed by atoms with Gasteiger partial charge in [-0.1, -0.05) is 6.92 Å². The molecule has 0 spiro atoms. The Morgan fingerprint density at radius 1 is 0.758 bits per heavy atom. The molecule has 0 aliphatic carbocycles. The summed E-state index contributed by atoms with van der Waals surface area (Å²) < 4.78 is 54.9. The van der Waals surface area contributed by atoms with E-state index in [1.165, 1.54) is 23.3 Å². The number of carbonyl (C=O) groups is 1. The standard InChI is InChI=1S/C25H35N3O5S.C21H26BrN3O6S/c1-7-10-27(18-8-11-33-12-9-18)23-24(32-6)26-28-22(16(2)34-25(23)28)21-19(30-4)13-17(15-29-3)14-20(21)31-5;1-21(2,3)24(20(26)27)16-18(31-7)23-25-15(17(22)32-19(16)25)14-12(29-5)8-11(10-28-4)9-13(14)30-6/h13-14,18H,7-12,15H2,1-6H3;8-9H,10H2,1-7H3,(H,26,27). The van der Waals surface area contributed by atoms with E-state index in [1.807, 2.05) is 49.6 Å². The summed E-state index contributed by atoms with van der Waals surface area (Å²) in [5.74, 6) is 3.43. The maximum atomic E-state index is 12.2. The highest BCUT2D eigenvalue weighted by molar-refractivity contribution is 9.11. The van der Waals surface area contributed by atoms with Crippen molar-refractivity contribution in [2.75, 3.05) is 86.4 Å². The molecule has 360 valence electrons. The molecular formula is C46H61BrN6O11S2. The van der Waals surface area contributed by atoms with E-state index in [9.17, 15) is 9.90 Å². The summed E-state index contributed by atoms with van der Waals surface area (Å²) in [7, 11) is 13.0. The van der Waals surface area contributed by atoms with Crippen LogP contribution in [0.2, 0.25) is 0 Å². The van der Waals surface area contributed by atoms with Crippen LogP contribution in [0.1, 0.15) is 63.0 Å². The van der Waals surface area contributed by atoms with Crippen LogP contribution in [0.3, 0.4) is 0 Å². The quantitative estimate of drug-likeness (QED) is 0.0919. The second kappa shape index (κ2) is 21.8. The molecule has 1 saturated heterocycles. The van der Waals surface area contributed by atoms with Crippen molar-refractivity contribution in [2.45, 2.75) is 78.7 Å². The van der Waals surface area contributed by atoms with Crippen molar-refractivity contribution in [2.24, 2.45) is 0 Å². The van der Waals surface area contributed by atoms with Crippen molar-refractivity contribution in [1.29, 1.82) is 0 Å². The summed E-state index contributed by atoms with van der Waals surface area (Å²) in [5.41, 5.74) is 5.73. The minimum atomic E-state index is -1.10. The van der Waals surface area contributed by atoms with E-state index in [0.717, 1.165) is 92.1 Å². The highest BCUT2D eigenvalue weighted by Crippen LogP contribution is 2.51. The number of halogens is 1. The van der Waals surface area contributed by atoms with Crippen LogP contribution in [-0.4, -0.2) is 119 Å². The summed E-state index contributed by atoms with van der Waals surface area (Å²) in [6.07, 6.45) is 1.94. The van der Waals surface area contributed by atoms with Crippen LogP contribution in [0.15, 0.2) is 28.1 Å². The summed E-state index contributed by atoms with van der Waals surface area (Å²) >= 11 is 6.70. The number of hydrogen-bond donors (Lipinski definition) is 1. The molecule has 66 heavy (non-hydrogen) atoms. The molecule has 5 heterocycles. The maximum absolute atomic E-state index is 12.2. The second-order valence-corrected chi connectivity index (χ2v) is 19.8. The number of aromatic nitrogens is 4. The van der Waals surface area contributed by atoms with E-state index in [4.69, 9.17) is 47.7 Å². The molecule has 4 aromatic heterocycles. The number of benzene rings is 2. The van der Waals surface area contributed by atoms with Gasteiger partial charge in [0.05, 0.1) is 76.5 Å². The Hall–Kier alpha value is -4.99. The zero-order valence-corrected chi connectivity index (χ0v) is 43.2. The first-order valence-corrected chi connectivity index (χ1v) is 23.8. The number of rotatable bonds is 17. The lowest BCUT2D eigenvalue weighted by molar-refractivity contribution is 0.0843. The summed E-state index contributed by atoms with van der Waals surface area (Å²) in [4.78, 5) is 18.7. The molecule has 17 nitrogen and oxygen atoms in total. The number of fused-ring (bicyclic) bond motifs is 2. The third-order valence-corrected chi connectivity index (χ3v) is 13.9. The molecule has 6 aromatic rings. The van der Waals surface area contributed by atoms with Crippen molar-refractivity contribution in [3.63, 3.8) is 0 Å². The van der Waals surface area contributed by atoms with Crippen LogP contribution in [0.25, 0.3) is 32.2 Å². The Morgan fingerprint density at radius 3 is 1.64 bits per heavy atom. The molecule has 0 radical (unpaired) electrons. The van der Waals surface area contributed by atoms with Gasteiger partial charge in [-0.15, -0.1) is 32.9 Å². The zero-order chi connectivity index (χ0) is 48.0. The van der Waals surface area contributed by atoms with Gasteiger partial charge in [0.25, 0.3) is 11.8 Å². The number of anilines is 2. The molecule has 1 aliphatic rings. The molecule has 2 aromatic carbocycles. The molecular weight excluding hydrogens is 957 g/mol. The van der Waals surface area contributed by atoms with Crippen molar-refractivity contribution in [1.82, 2.24) is 19.2 Å². The fraction of sp³-hybridized carbons (Fsp3) is 0.500. The molecule has 0 unspecified atom stereocenters. The van der Waals surface area contributed by atoms with Gasteiger partial charge >= 0.3 is 6.09 Å². The first-order valence-electron chi connectivity index (χ1n) is 21.3. The van der Waals surface area contributed by atoms with Crippen LogP contribution in [0.5, 0.6) is 34.8 Å². The topological polar surface area (TPSA) is 161 Å². The minimum Gasteiger partial charge on any atom is -0.496 e. The second-order valence-electron chi connectivity index (χ2n) is 16.3. The van der Waals surface area contributed by atoms with Crippen molar-refractivity contribution >= 4 is 65.7 Å². The third-order valence-electron chi connectivity index (χ3n) is 11.0. The highest BCUT2D eigenvalue weighted by Gasteiger charge is 2.37. The lowest BCUT2D eigenvalue weighted by Crippen LogP contribution is -2.45. The Bertz CT molecular complexity index is 2580. The highest BCUT2D eigenvalue weighted by atomic mass is 79.9. The van der Waals surface area contributed by atoms with Crippen LogP contribution in [0, 0.1) is 6.92 Å². The van der Waals surface area contributed by atoms with Gasteiger partial charge in [-0.3, -0.25) is 4.90 Å². The van der Waals surface area contributed by atoms with Gasteiger partial charge in [-0.25, -0.2) is 13.8 Å². The average molecular weight is 1020 g/mol. The molecule has 0 atom stereocenters. The van der Waals surface area contributed by atoms with Crippen molar-refractivity contribution in [3.8, 4) is 57.3 Å². The fourth-order valence-electron chi connectivity index (χ4n) is 8.33. The number of nitrogens with zero attached hydrogens (tertiary/aromatic N) is 6. The van der Waals surface area contributed by atoms with Crippen LogP contribution >= 0.6 is 38.6 Å². The van der Waals surface area contributed by atoms with Crippen LogP contribution < -0.4 is 38.2 Å². The fourth-order valence-corrected chi connectivity index (χ4v) is 11.2. The lowest BCUT2D eigenvalue weighted by atomic mass is 10.0. The van der Waals surface area contributed by atoms with E-state index >= 15 is 0 Å². The molecule has 1 aliphatic heterocycles. The molecule has 1 fully saturated rings. The van der Waals surface area contributed by atoms with Gasteiger partial charge in [0.15, 0.2) is 0 Å². The number of aryl methyl sites for hydroxylation is 1. The third kappa shape index (κ3) is 9.85. The number of thiazole rings is 2. The van der Waals surface area contributed by atoms with E-state index in [1.54, 1.807) is 65.6 Å². The normalized spacial score (nSPS) is 13.1. The molecule has 20 heteroatoms. The van der Waals surface area contributed by atoms with E-state index in [-0.39, 0.29) is 5.88 Å². The van der Waals surface area contributed by atoms with Gasteiger partial charge in [0.2, 0.25) is 0 Å². The Balaban J connectivity index is 0.000000219. The molecule has 0 bridgehead atoms. The molecule has 0 saturated carbocycles. The van der Waals surface area contributed by atoms with Gasteiger partial charge in [0.1, 0.15) is 49.7 Å². The first kappa shape index (κ1) is 50.4. The number of methoxy groups -OCH3 is 8. The SMILES string of the molecule is CCCN(c1c(OC)nn2c(-c3c(OC)cc(COC)cc3OC)c(C)sc12)C1CCOCC1.COCc1cc(OC)c(-c2c(Br)sc3c(N(C(=O)O)C(C)(C)C)c(OC)nn23)c(OC)c1. The largest absolute Gasteiger partial charge is 0.496 e. The summed E-state index contributed by atoms with van der Waals surface area (Å²) in [6, 6.07) is 8.14. The zero-order valence-electron chi connectivity index (χ0n) is 40.0. The first-order chi connectivity index (χ1) is 31.7. The monoisotopic (exact) mass is 1020 g/mol. The van der Waals surface area contributed by atoms with Gasteiger partial charge in [-0.2, -0.15) is 0 Å². The Labute approximate surface area is 402 Å². The minimum absolute atomic E-state index is 0.205. The summed E-state index contributed by atoms with van der Waals surface area (Å²) in [5, 5.41) is 19.5.